The van der Waals surface area contributed by atoms with E-state index in [4.69, 9.17) is 15.2 Å². The number of nitrogens with two attached hydrogens (primary N) is 1. The maximum Gasteiger partial charge on any atom is 0.237 e. The highest BCUT2D eigenvalue weighted by molar-refractivity contribution is 5.82. The topological polar surface area (TPSA) is 73.6 Å². The number of carbonyl (C=O) groups excluding carboxylic acids is 1. The minimum absolute atomic E-state index is 0.0141. The van der Waals surface area contributed by atoms with Crippen molar-refractivity contribution in [1.29, 1.82) is 0 Å². The first-order valence-electron chi connectivity index (χ1n) is 7.13. The number of hydrogen-bond acceptors (Lipinski definition) is 4. The molecule has 1 saturated carbocycles. The number of rotatable bonds is 4. The zero-order chi connectivity index (χ0) is 14.0. The molecule has 2 aliphatic rings. The molecule has 0 aromatic rings. The van der Waals surface area contributed by atoms with Crippen LogP contribution in [0.1, 0.15) is 33.1 Å². The largest absolute Gasteiger partial charge is 0.381 e. The van der Waals surface area contributed by atoms with Crippen LogP contribution in [0.15, 0.2) is 0 Å². The van der Waals surface area contributed by atoms with E-state index in [1.54, 1.807) is 7.11 Å². The third-order valence-corrected chi connectivity index (χ3v) is 4.86. The van der Waals surface area contributed by atoms with Crippen molar-refractivity contribution in [3.63, 3.8) is 0 Å². The third-order valence-electron chi connectivity index (χ3n) is 4.86. The van der Waals surface area contributed by atoms with Gasteiger partial charge in [0.2, 0.25) is 5.91 Å². The van der Waals surface area contributed by atoms with E-state index in [1.165, 1.54) is 0 Å². The fourth-order valence-electron chi connectivity index (χ4n) is 3.09. The fraction of sp³-hybridized carbons (Fsp3) is 0.929. The molecule has 5 nitrogen and oxygen atoms in total. The Hall–Kier alpha value is -0.650. The van der Waals surface area contributed by atoms with Gasteiger partial charge in [0.05, 0.1) is 12.1 Å². The third kappa shape index (κ3) is 2.93. The van der Waals surface area contributed by atoms with Gasteiger partial charge in [-0.15, -0.1) is 0 Å². The van der Waals surface area contributed by atoms with E-state index in [0.717, 1.165) is 19.3 Å². The minimum atomic E-state index is -0.415. The van der Waals surface area contributed by atoms with E-state index in [0.29, 0.717) is 13.2 Å². The first-order valence-corrected chi connectivity index (χ1v) is 7.13. The molecule has 1 saturated heterocycles. The standard InChI is InChI=1S/C14H26N2O3/c1-14(2)10(8-11(14)18-3)16-13(17)12(15)9-4-6-19-7-5-9/h9-12H,4-8,15H2,1-3H3,(H,16,17). The summed E-state index contributed by atoms with van der Waals surface area (Å²) in [5.74, 6) is 0.217. The molecule has 2 fully saturated rings. The fourth-order valence-corrected chi connectivity index (χ4v) is 3.09. The maximum absolute atomic E-state index is 12.2. The van der Waals surface area contributed by atoms with E-state index < -0.39 is 6.04 Å². The summed E-state index contributed by atoms with van der Waals surface area (Å²) in [7, 11) is 1.72. The van der Waals surface area contributed by atoms with E-state index in [2.05, 4.69) is 19.2 Å². The Morgan fingerprint density at radius 3 is 2.58 bits per heavy atom. The summed E-state index contributed by atoms with van der Waals surface area (Å²) < 4.78 is 10.7. The Kier molecular flexibility index (Phi) is 4.48. The van der Waals surface area contributed by atoms with Gasteiger partial charge in [-0.3, -0.25) is 4.79 Å². The molecule has 1 heterocycles. The number of ether oxygens (including phenoxy) is 2. The number of carbonyl (C=O) groups is 1. The highest BCUT2D eigenvalue weighted by atomic mass is 16.5. The highest BCUT2D eigenvalue weighted by Gasteiger charge is 2.49. The van der Waals surface area contributed by atoms with Gasteiger partial charge in [0, 0.05) is 31.8 Å². The van der Waals surface area contributed by atoms with E-state index in [9.17, 15) is 4.79 Å². The lowest BCUT2D eigenvalue weighted by Gasteiger charge is -2.51. The van der Waals surface area contributed by atoms with Crippen molar-refractivity contribution in [2.75, 3.05) is 20.3 Å². The second-order valence-corrected chi connectivity index (χ2v) is 6.32. The molecule has 0 radical (unpaired) electrons. The van der Waals surface area contributed by atoms with Crippen molar-refractivity contribution in [1.82, 2.24) is 5.32 Å². The van der Waals surface area contributed by atoms with E-state index in [1.807, 2.05) is 0 Å². The van der Waals surface area contributed by atoms with Crippen LogP contribution in [0.25, 0.3) is 0 Å². The highest BCUT2D eigenvalue weighted by Crippen LogP contribution is 2.42. The van der Waals surface area contributed by atoms with Gasteiger partial charge in [0.1, 0.15) is 0 Å². The Bertz CT molecular complexity index is 327. The van der Waals surface area contributed by atoms with Crippen LogP contribution in [0.2, 0.25) is 0 Å². The summed E-state index contributed by atoms with van der Waals surface area (Å²) in [6.07, 6.45) is 2.85. The monoisotopic (exact) mass is 270 g/mol. The van der Waals surface area contributed by atoms with Crippen molar-refractivity contribution in [3.05, 3.63) is 0 Å². The zero-order valence-electron chi connectivity index (χ0n) is 12.1. The lowest BCUT2D eigenvalue weighted by Crippen LogP contribution is -2.64. The molecular formula is C14H26N2O3. The molecule has 1 aliphatic carbocycles. The molecule has 3 unspecified atom stereocenters. The molecule has 0 spiro atoms. The van der Waals surface area contributed by atoms with Crippen molar-refractivity contribution in [2.45, 2.75) is 51.3 Å². The first-order chi connectivity index (χ1) is 8.96. The van der Waals surface area contributed by atoms with Crippen molar-refractivity contribution in [2.24, 2.45) is 17.1 Å². The number of hydrogen-bond donors (Lipinski definition) is 2. The normalized spacial score (nSPS) is 32.4. The molecule has 19 heavy (non-hydrogen) atoms. The predicted octanol–water partition coefficient (Wildman–Crippen LogP) is 0.670. The number of methoxy groups -OCH3 is 1. The quantitative estimate of drug-likeness (QED) is 0.787. The number of amides is 1. The minimum Gasteiger partial charge on any atom is -0.381 e. The summed E-state index contributed by atoms with van der Waals surface area (Å²) in [6.45, 7) is 5.67. The number of nitrogens with one attached hydrogen (secondary N) is 1. The molecule has 2 rings (SSSR count). The smallest absolute Gasteiger partial charge is 0.237 e. The van der Waals surface area contributed by atoms with Crippen LogP contribution in [0.5, 0.6) is 0 Å². The molecule has 5 heteroatoms. The summed E-state index contributed by atoms with van der Waals surface area (Å²) >= 11 is 0. The molecule has 0 bridgehead atoms. The molecule has 1 amide bonds. The van der Waals surface area contributed by atoms with E-state index in [-0.39, 0.29) is 29.4 Å². The van der Waals surface area contributed by atoms with Crippen LogP contribution in [0.3, 0.4) is 0 Å². The maximum atomic E-state index is 12.2. The summed E-state index contributed by atoms with van der Waals surface area (Å²) in [5.41, 5.74) is 6.06. The molecule has 3 N–H and O–H groups in total. The SMILES string of the molecule is COC1CC(NC(=O)C(N)C2CCOCC2)C1(C)C. The molecule has 0 aromatic carbocycles. The lowest BCUT2D eigenvalue weighted by atomic mass is 9.64. The average molecular weight is 270 g/mol. The molecule has 110 valence electrons. The second-order valence-electron chi connectivity index (χ2n) is 6.32. The van der Waals surface area contributed by atoms with Crippen LogP contribution in [0.4, 0.5) is 0 Å². The van der Waals surface area contributed by atoms with Gasteiger partial charge in [-0.2, -0.15) is 0 Å². The van der Waals surface area contributed by atoms with E-state index >= 15 is 0 Å². The molecule has 3 atom stereocenters. The first kappa shape index (κ1) is 14.8. The van der Waals surface area contributed by atoms with Crippen LogP contribution in [-0.2, 0) is 14.3 Å². The van der Waals surface area contributed by atoms with Gasteiger partial charge in [-0.05, 0) is 25.2 Å². The van der Waals surface area contributed by atoms with Crippen LogP contribution in [0, 0.1) is 11.3 Å². The lowest BCUT2D eigenvalue weighted by molar-refractivity contribution is -0.135. The second kappa shape index (κ2) is 5.77. The Morgan fingerprint density at radius 1 is 1.42 bits per heavy atom. The summed E-state index contributed by atoms with van der Waals surface area (Å²) in [5, 5.41) is 3.08. The van der Waals surface area contributed by atoms with Crippen LogP contribution >= 0.6 is 0 Å². The van der Waals surface area contributed by atoms with Crippen molar-refractivity contribution in [3.8, 4) is 0 Å². The van der Waals surface area contributed by atoms with Gasteiger partial charge in [0.25, 0.3) is 0 Å². The predicted molar refractivity (Wildman–Crippen MR) is 72.6 cm³/mol. The van der Waals surface area contributed by atoms with Gasteiger partial charge in [-0.1, -0.05) is 13.8 Å². The molecule has 1 aliphatic heterocycles. The van der Waals surface area contributed by atoms with Crippen molar-refractivity contribution < 1.29 is 14.3 Å². The Balaban J connectivity index is 1.84. The van der Waals surface area contributed by atoms with Gasteiger partial charge in [-0.25, -0.2) is 0 Å². The average Bonchev–Trinajstić information content (AvgIpc) is 2.42. The summed E-state index contributed by atoms with van der Waals surface area (Å²) in [6, 6.07) is -0.253. The summed E-state index contributed by atoms with van der Waals surface area (Å²) in [4.78, 5) is 12.2. The van der Waals surface area contributed by atoms with Crippen LogP contribution in [-0.4, -0.2) is 44.4 Å². The molecule has 0 aromatic heterocycles. The Morgan fingerprint density at radius 2 is 2.05 bits per heavy atom. The Labute approximate surface area is 115 Å². The molecular weight excluding hydrogens is 244 g/mol. The van der Waals surface area contributed by atoms with Gasteiger partial charge < -0.3 is 20.5 Å². The van der Waals surface area contributed by atoms with Gasteiger partial charge >= 0.3 is 0 Å². The van der Waals surface area contributed by atoms with Crippen molar-refractivity contribution >= 4 is 5.91 Å². The van der Waals surface area contributed by atoms with Gasteiger partial charge in [0.15, 0.2) is 0 Å². The zero-order valence-corrected chi connectivity index (χ0v) is 12.1. The van der Waals surface area contributed by atoms with Crippen LogP contribution < -0.4 is 11.1 Å².